The number of aryl methyl sites for hydroxylation is 1. The first-order chi connectivity index (χ1) is 8.69. The van der Waals surface area contributed by atoms with Gasteiger partial charge in [0.1, 0.15) is 5.01 Å². The molecule has 4 heteroatoms. The maximum Gasteiger partial charge on any atom is 0.110 e. The first kappa shape index (κ1) is 14.0. The summed E-state index contributed by atoms with van der Waals surface area (Å²) in [7, 11) is 0. The normalized spacial score (nSPS) is 26.2. The lowest BCUT2D eigenvalue weighted by Crippen LogP contribution is -2.40. The number of nitrogens with one attached hydrogen (secondary N) is 1. The molecular formula is C14H24N2OS. The Morgan fingerprint density at radius 2 is 2.44 bits per heavy atom. The van der Waals surface area contributed by atoms with Crippen molar-refractivity contribution in [3.63, 3.8) is 0 Å². The highest BCUT2D eigenvalue weighted by Gasteiger charge is 2.23. The minimum atomic E-state index is 0.356. The van der Waals surface area contributed by atoms with Crippen LogP contribution in [0.25, 0.3) is 0 Å². The van der Waals surface area contributed by atoms with Crippen molar-refractivity contribution in [3.8, 4) is 0 Å². The Morgan fingerprint density at radius 1 is 1.61 bits per heavy atom. The molecule has 3 unspecified atom stereocenters. The second-order valence-corrected chi connectivity index (χ2v) is 6.11. The average Bonchev–Trinajstić information content (AvgIpc) is 2.77. The van der Waals surface area contributed by atoms with Crippen LogP contribution in [0.4, 0.5) is 0 Å². The van der Waals surface area contributed by atoms with Crippen LogP contribution in [0.2, 0.25) is 0 Å². The second kappa shape index (κ2) is 6.64. The van der Waals surface area contributed by atoms with E-state index in [-0.39, 0.29) is 0 Å². The van der Waals surface area contributed by atoms with Crippen LogP contribution in [0.5, 0.6) is 0 Å². The van der Waals surface area contributed by atoms with Gasteiger partial charge in [0.15, 0.2) is 0 Å². The lowest BCUT2D eigenvalue weighted by molar-refractivity contribution is -0.00473. The highest BCUT2D eigenvalue weighted by atomic mass is 32.1. The molecule has 1 aliphatic heterocycles. The first-order valence-corrected chi connectivity index (χ1v) is 7.86. The van der Waals surface area contributed by atoms with E-state index in [1.54, 1.807) is 11.3 Å². The van der Waals surface area contributed by atoms with E-state index in [2.05, 4.69) is 36.5 Å². The smallest absolute Gasteiger partial charge is 0.110 e. The number of aromatic nitrogens is 1. The molecule has 3 atom stereocenters. The molecule has 1 fully saturated rings. The standard InChI is InChI=1S/C14H24N2OS/c1-4-5-13-8-12(6-7-17-13)16-11(3)14-15-10(2)9-18-14/h9,11-13,16H,4-8H2,1-3H3. The molecule has 1 aromatic rings. The fraction of sp³-hybridized carbons (Fsp3) is 0.786. The van der Waals surface area contributed by atoms with E-state index in [0.29, 0.717) is 18.2 Å². The zero-order valence-electron chi connectivity index (χ0n) is 11.6. The minimum Gasteiger partial charge on any atom is -0.378 e. The summed E-state index contributed by atoms with van der Waals surface area (Å²) >= 11 is 1.75. The largest absolute Gasteiger partial charge is 0.378 e. The average molecular weight is 268 g/mol. The van der Waals surface area contributed by atoms with Gasteiger partial charge >= 0.3 is 0 Å². The van der Waals surface area contributed by atoms with Crippen LogP contribution in [0, 0.1) is 6.92 Å². The Morgan fingerprint density at radius 3 is 3.11 bits per heavy atom. The Balaban J connectivity index is 1.85. The summed E-state index contributed by atoms with van der Waals surface area (Å²) in [4.78, 5) is 4.56. The number of hydrogen-bond donors (Lipinski definition) is 1. The van der Waals surface area contributed by atoms with Crippen molar-refractivity contribution in [2.45, 2.75) is 64.6 Å². The summed E-state index contributed by atoms with van der Waals surface area (Å²) in [5.74, 6) is 0. The zero-order chi connectivity index (χ0) is 13.0. The molecule has 2 heterocycles. The van der Waals surface area contributed by atoms with Gasteiger partial charge in [-0.15, -0.1) is 11.3 Å². The third-order valence-electron chi connectivity index (χ3n) is 3.47. The van der Waals surface area contributed by atoms with Gasteiger partial charge in [0.05, 0.1) is 12.1 Å². The van der Waals surface area contributed by atoms with E-state index < -0.39 is 0 Å². The molecular weight excluding hydrogens is 244 g/mol. The zero-order valence-corrected chi connectivity index (χ0v) is 12.4. The molecule has 1 saturated heterocycles. The van der Waals surface area contributed by atoms with Gasteiger partial charge in [-0.05, 0) is 33.1 Å². The van der Waals surface area contributed by atoms with Gasteiger partial charge in [-0.3, -0.25) is 0 Å². The third kappa shape index (κ3) is 3.77. The third-order valence-corrected chi connectivity index (χ3v) is 4.62. The van der Waals surface area contributed by atoms with E-state index >= 15 is 0 Å². The van der Waals surface area contributed by atoms with Gasteiger partial charge in [0, 0.05) is 23.7 Å². The van der Waals surface area contributed by atoms with E-state index in [4.69, 9.17) is 4.74 Å². The van der Waals surface area contributed by atoms with E-state index in [9.17, 15) is 0 Å². The molecule has 1 aromatic heterocycles. The summed E-state index contributed by atoms with van der Waals surface area (Å²) in [5.41, 5.74) is 1.12. The number of rotatable bonds is 5. The van der Waals surface area contributed by atoms with Gasteiger partial charge in [-0.25, -0.2) is 4.98 Å². The van der Waals surface area contributed by atoms with Crippen LogP contribution in [0.3, 0.4) is 0 Å². The Hall–Kier alpha value is -0.450. The number of ether oxygens (including phenoxy) is 1. The van der Waals surface area contributed by atoms with Crippen LogP contribution in [-0.4, -0.2) is 23.7 Å². The van der Waals surface area contributed by atoms with E-state index in [0.717, 1.165) is 25.1 Å². The minimum absolute atomic E-state index is 0.356. The lowest BCUT2D eigenvalue weighted by Gasteiger charge is -2.31. The Kier molecular flexibility index (Phi) is 5.15. The SMILES string of the molecule is CCCC1CC(NC(C)c2nc(C)cs2)CCO1. The Bertz CT molecular complexity index is 364. The lowest BCUT2D eigenvalue weighted by atomic mass is 9.99. The molecule has 1 aliphatic rings. The number of nitrogens with zero attached hydrogens (tertiary/aromatic N) is 1. The molecule has 0 saturated carbocycles. The van der Waals surface area contributed by atoms with Crippen LogP contribution in [0.1, 0.15) is 56.3 Å². The van der Waals surface area contributed by atoms with Crippen LogP contribution >= 0.6 is 11.3 Å². The summed E-state index contributed by atoms with van der Waals surface area (Å²) in [6.45, 7) is 7.38. The molecule has 0 spiro atoms. The van der Waals surface area contributed by atoms with Gasteiger partial charge in [0.2, 0.25) is 0 Å². The van der Waals surface area contributed by atoms with Crippen molar-refractivity contribution in [1.29, 1.82) is 0 Å². The summed E-state index contributed by atoms with van der Waals surface area (Å²) < 4.78 is 5.79. The van der Waals surface area contributed by atoms with Crippen LogP contribution in [0.15, 0.2) is 5.38 Å². The van der Waals surface area contributed by atoms with Crippen molar-refractivity contribution < 1.29 is 4.74 Å². The fourth-order valence-electron chi connectivity index (χ4n) is 2.55. The molecule has 1 N–H and O–H groups in total. The molecule has 0 radical (unpaired) electrons. The predicted molar refractivity (Wildman–Crippen MR) is 76.1 cm³/mol. The maximum absolute atomic E-state index is 5.79. The number of thiazole rings is 1. The number of hydrogen-bond acceptors (Lipinski definition) is 4. The van der Waals surface area contributed by atoms with Crippen molar-refractivity contribution in [2.75, 3.05) is 6.61 Å². The van der Waals surface area contributed by atoms with Crippen molar-refractivity contribution in [3.05, 3.63) is 16.1 Å². The Labute approximate surface area is 114 Å². The van der Waals surface area contributed by atoms with E-state index in [1.165, 1.54) is 17.8 Å². The van der Waals surface area contributed by atoms with E-state index in [1.807, 2.05) is 0 Å². The second-order valence-electron chi connectivity index (χ2n) is 5.22. The van der Waals surface area contributed by atoms with Gasteiger partial charge in [-0.2, -0.15) is 0 Å². The molecule has 18 heavy (non-hydrogen) atoms. The maximum atomic E-state index is 5.79. The van der Waals surface area contributed by atoms with Gasteiger partial charge < -0.3 is 10.1 Å². The summed E-state index contributed by atoms with van der Waals surface area (Å²) in [6.07, 6.45) is 5.10. The molecule has 0 aromatic carbocycles. The van der Waals surface area contributed by atoms with Crippen molar-refractivity contribution >= 4 is 11.3 Å². The van der Waals surface area contributed by atoms with Gasteiger partial charge in [-0.1, -0.05) is 13.3 Å². The highest BCUT2D eigenvalue weighted by Crippen LogP contribution is 2.23. The van der Waals surface area contributed by atoms with Crippen molar-refractivity contribution in [2.24, 2.45) is 0 Å². The fourth-order valence-corrected chi connectivity index (χ4v) is 3.36. The molecule has 2 rings (SSSR count). The van der Waals surface area contributed by atoms with Crippen LogP contribution in [-0.2, 0) is 4.74 Å². The summed E-state index contributed by atoms with van der Waals surface area (Å²) in [6, 6.07) is 0.934. The predicted octanol–water partition coefficient (Wildman–Crippen LogP) is 3.45. The first-order valence-electron chi connectivity index (χ1n) is 6.98. The molecule has 0 bridgehead atoms. The quantitative estimate of drug-likeness (QED) is 0.888. The molecule has 3 nitrogen and oxygen atoms in total. The molecule has 0 amide bonds. The highest BCUT2D eigenvalue weighted by molar-refractivity contribution is 7.09. The van der Waals surface area contributed by atoms with Gasteiger partial charge in [0.25, 0.3) is 0 Å². The summed E-state index contributed by atoms with van der Waals surface area (Å²) in [5, 5.41) is 7.03. The molecule has 0 aliphatic carbocycles. The van der Waals surface area contributed by atoms with Crippen LogP contribution < -0.4 is 5.32 Å². The topological polar surface area (TPSA) is 34.2 Å². The monoisotopic (exact) mass is 268 g/mol. The van der Waals surface area contributed by atoms with Crippen molar-refractivity contribution in [1.82, 2.24) is 10.3 Å². The molecule has 102 valence electrons.